The van der Waals surface area contributed by atoms with Crippen molar-refractivity contribution < 1.29 is 13.7 Å². The highest BCUT2D eigenvalue weighted by molar-refractivity contribution is 5.74. The molecule has 1 N–H and O–H groups in total. The van der Waals surface area contributed by atoms with Gasteiger partial charge in [-0.15, -0.1) is 0 Å². The van der Waals surface area contributed by atoms with E-state index < -0.39 is 0 Å². The molecule has 1 aromatic carbocycles. The molecule has 0 saturated heterocycles. The summed E-state index contributed by atoms with van der Waals surface area (Å²) >= 11 is 0. The van der Waals surface area contributed by atoms with Crippen molar-refractivity contribution in [2.75, 3.05) is 6.54 Å². The van der Waals surface area contributed by atoms with Crippen molar-refractivity contribution in [3.05, 3.63) is 47.4 Å². The van der Waals surface area contributed by atoms with Gasteiger partial charge < -0.3 is 14.7 Å². The summed E-state index contributed by atoms with van der Waals surface area (Å²) in [6, 6.07) is 6.65. The minimum Gasteiger partial charge on any atom is -0.339 e. The van der Waals surface area contributed by atoms with E-state index in [0.717, 1.165) is 12.8 Å². The van der Waals surface area contributed by atoms with Gasteiger partial charge >= 0.3 is 6.03 Å². The van der Waals surface area contributed by atoms with E-state index in [1.165, 1.54) is 6.07 Å². The average molecular weight is 360 g/mol. The number of carbonyl (C=O) groups is 1. The number of benzene rings is 1. The SMILES string of the molecule is CC(C)c1noc(CCCNC(=O)N(Cc2ccccc2F)C2CC2)n1. The van der Waals surface area contributed by atoms with Gasteiger partial charge in [0.15, 0.2) is 5.82 Å². The summed E-state index contributed by atoms with van der Waals surface area (Å²) in [5, 5.41) is 6.85. The second-order valence-electron chi connectivity index (χ2n) is 6.99. The lowest BCUT2D eigenvalue weighted by Crippen LogP contribution is -2.41. The number of amides is 2. The molecule has 2 amide bonds. The summed E-state index contributed by atoms with van der Waals surface area (Å²) < 4.78 is 19.1. The number of hydrogen-bond donors (Lipinski definition) is 1. The fraction of sp³-hybridized carbons (Fsp3) is 0.526. The van der Waals surface area contributed by atoms with Crippen molar-refractivity contribution in [2.24, 2.45) is 0 Å². The Labute approximate surface area is 152 Å². The molecule has 0 aliphatic heterocycles. The maximum absolute atomic E-state index is 13.9. The average Bonchev–Trinajstić information content (AvgIpc) is 3.34. The number of hydrogen-bond acceptors (Lipinski definition) is 4. The van der Waals surface area contributed by atoms with E-state index in [2.05, 4.69) is 15.5 Å². The molecule has 0 atom stereocenters. The van der Waals surface area contributed by atoms with Crippen LogP contribution in [0, 0.1) is 5.82 Å². The third-order valence-electron chi connectivity index (χ3n) is 4.39. The predicted octanol–water partition coefficient (Wildman–Crippen LogP) is 3.64. The first-order chi connectivity index (χ1) is 12.5. The maximum atomic E-state index is 13.9. The van der Waals surface area contributed by atoms with Gasteiger partial charge in [-0.25, -0.2) is 9.18 Å². The molecular formula is C19H25FN4O2. The van der Waals surface area contributed by atoms with E-state index in [9.17, 15) is 9.18 Å². The normalized spacial score (nSPS) is 13.8. The highest BCUT2D eigenvalue weighted by Gasteiger charge is 2.32. The number of aromatic nitrogens is 2. The zero-order chi connectivity index (χ0) is 18.5. The van der Waals surface area contributed by atoms with Gasteiger partial charge in [0.2, 0.25) is 5.89 Å². The van der Waals surface area contributed by atoms with Crippen LogP contribution in [0.25, 0.3) is 0 Å². The lowest BCUT2D eigenvalue weighted by atomic mass is 10.2. The predicted molar refractivity (Wildman–Crippen MR) is 95.1 cm³/mol. The Morgan fingerprint density at radius 2 is 2.15 bits per heavy atom. The lowest BCUT2D eigenvalue weighted by Gasteiger charge is -2.23. The number of rotatable bonds is 8. The molecule has 3 rings (SSSR count). The van der Waals surface area contributed by atoms with Crippen LogP contribution >= 0.6 is 0 Å². The Morgan fingerprint density at radius 1 is 1.38 bits per heavy atom. The molecule has 0 spiro atoms. The van der Waals surface area contributed by atoms with Gasteiger partial charge in [-0.3, -0.25) is 0 Å². The van der Waals surface area contributed by atoms with E-state index in [4.69, 9.17) is 4.52 Å². The van der Waals surface area contributed by atoms with E-state index in [-0.39, 0.29) is 23.8 Å². The number of nitrogens with zero attached hydrogens (tertiary/aromatic N) is 3. The van der Waals surface area contributed by atoms with Crippen LogP contribution in [0.5, 0.6) is 0 Å². The van der Waals surface area contributed by atoms with E-state index >= 15 is 0 Å². The van der Waals surface area contributed by atoms with Crippen LogP contribution in [0.4, 0.5) is 9.18 Å². The van der Waals surface area contributed by atoms with Gasteiger partial charge in [-0.1, -0.05) is 37.2 Å². The van der Waals surface area contributed by atoms with Crippen LogP contribution in [-0.2, 0) is 13.0 Å². The van der Waals surface area contributed by atoms with Crippen LogP contribution < -0.4 is 5.32 Å². The highest BCUT2D eigenvalue weighted by Crippen LogP contribution is 2.28. The summed E-state index contributed by atoms with van der Waals surface area (Å²) in [5.74, 6) is 1.25. The second kappa shape index (κ2) is 8.29. The summed E-state index contributed by atoms with van der Waals surface area (Å²) in [4.78, 5) is 18.5. The molecule has 1 heterocycles. The summed E-state index contributed by atoms with van der Waals surface area (Å²) in [6.07, 6.45) is 3.28. The molecule has 6 nitrogen and oxygen atoms in total. The fourth-order valence-corrected chi connectivity index (χ4v) is 2.70. The number of nitrogens with one attached hydrogen (secondary N) is 1. The number of aryl methyl sites for hydroxylation is 1. The summed E-state index contributed by atoms with van der Waals surface area (Å²) in [5.41, 5.74) is 0.543. The molecule has 1 aliphatic rings. The minimum atomic E-state index is -0.275. The number of urea groups is 1. The second-order valence-corrected chi connectivity index (χ2v) is 6.99. The van der Waals surface area contributed by atoms with E-state index in [1.807, 2.05) is 13.8 Å². The zero-order valence-electron chi connectivity index (χ0n) is 15.2. The van der Waals surface area contributed by atoms with Gasteiger partial charge in [0, 0.05) is 30.5 Å². The Hall–Kier alpha value is -2.44. The van der Waals surface area contributed by atoms with Gasteiger partial charge in [-0.05, 0) is 25.3 Å². The molecule has 140 valence electrons. The van der Waals surface area contributed by atoms with Crippen LogP contribution in [0.2, 0.25) is 0 Å². The van der Waals surface area contributed by atoms with Crippen LogP contribution in [0.3, 0.4) is 0 Å². The van der Waals surface area contributed by atoms with Crippen molar-refractivity contribution in [1.29, 1.82) is 0 Å². The first kappa shape index (κ1) is 18.4. The van der Waals surface area contributed by atoms with Crippen LogP contribution in [-0.4, -0.2) is 33.7 Å². The quantitative estimate of drug-likeness (QED) is 0.730. The molecule has 1 saturated carbocycles. The van der Waals surface area contributed by atoms with Gasteiger partial charge in [0.25, 0.3) is 0 Å². The Balaban J connectivity index is 1.47. The molecular weight excluding hydrogens is 335 g/mol. The van der Waals surface area contributed by atoms with Crippen LogP contribution in [0.1, 0.15) is 56.3 Å². The summed E-state index contributed by atoms with van der Waals surface area (Å²) in [6.45, 7) is 4.83. The molecule has 26 heavy (non-hydrogen) atoms. The van der Waals surface area contributed by atoms with Crippen molar-refractivity contribution >= 4 is 6.03 Å². The standard InChI is InChI=1S/C19H25FN4O2/c1-13(2)18-22-17(26-23-18)8-5-11-21-19(25)24(15-9-10-15)12-14-6-3-4-7-16(14)20/h3-4,6-7,13,15H,5,8-12H2,1-2H3,(H,21,25). The fourth-order valence-electron chi connectivity index (χ4n) is 2.70. The highest BCUT2D eigenvalue weighted by atomic mass is 19.1. The van der Waals surface area contributed by atoms with E-state index in [1.54, 1.807) is 23.1 Å². The largest absolute Gasteiger partial charge is 0.339 e. The molecule has 2 aromatic rings. The zero-order valence-corrected chi connectivity index (χ0v) is 15.2. The third kappa shape index (κ3) is 4.80. The molecule has 0 bridgehead atoms. The first-order valence-electron chi connectivity index (χ1n) is 9.15. The van der Waals surface area contributed by atoms with Crippen molar-refractivity contribution in [3.8, 4) is 0 Å². The molecule has 7 heteroatoms. The number of halogens is 1. The molecule has 0 unspecified atom stereocenters. The Morgan fingerprint density at radius 3 is 2.81 bits per heavy atom. The lowest BCUT2D eigenvalue weighted by molar-refractivity contribution is 0.191. The molecule has 1 aliphatic carbocycles. The monoisotopic (exact) mass is 360 g/mol. The van der Waals surface area contributed by atoms with Gasteiger partial charge in [-0.2, -0.15) is 4.98 Å². The molecule has 0 radical (unpaired) electrons. The topological polar surface area (TPSA) is 71.3 Å². The maximum Gasteiger partial charge on any atom is 0.317 e. The van der Waals surface area contributed by atoms with Crippen molar-refractivity contribution in [1.82, 2.24) is 20.4 Å². The Kier molecular flexibility index (Phi) is 5.85. The van der Waals surface area contributed by atoms with Gasteiger partial charge in [0.1, 0.15) is 5.82 Å². The Bertz CT molecular complexity index is 743. The summed E-state index contributed by atoms with van der Waals surface area (Å²) in [7, 11) is 0. The van der Waals surface area contributed by atoms with Crippen molar-refractivity contribution in [2.45, 2.75) is 58.0 Å². The molecule has 1 aromatic heterocycles. The molecule has 1 fully saturated rings. The van der Waals surface area contributed by atoms with Crippen LogP contribution in [0.15, 0.2) is 28.8 Å². The first-order valence-corrected chi connectivity index (χ1v) is 9.15. The van der Waals surface area contributed by atoms with E-state index in [0.29, 0.717) is 43.2 Å². The smallest absolute Gasteiger partial charge is 0.317 e. The van der Waals surface area contributed by atoms with Crippen molar-refractivity contribution in [3.63, 3.8) is 0 Å². The third-order valence-corrected chi connectivity index (χ3v) is 4.39. The minimum absolute atomic E-state index is 0.149. The van der Waals surface area contributed by atoms with Gasteiger partial charge in [0.05, 0.1) is 6.54 Å². The number of carbonyl (C=O) groups excluding carboxylic acids is 1.